The minimum absolute atomic E-state index is 0.0882. The first-order valence-corrected chi connectivity index (χ1v) is 7.93. The van der Waals surface area contributed by atoms with Crippen molar-refractivity contribution in [3.63, 3.8) is 0 Å². The number of anilines is 2. The molecule has 0 atom stereocenters. The molecule has 0 radical (unpaired) electrons. The Morgan fingerprint density at radius 3 is 2.62 bits per heavy atom. The number of benzene rings is 2. The van der Waals surface area contributed by atoms with Crippen LogP contribution in [0.25, 0.3) is 0 Å². The van der Waals surface area contributed by atoms with E-state index in [-0.39, 0.29) is 5.91 Å². The number of rotatable bonds is 7. The Labute approximate surface area is 146 Å². The van der Waals surface area contributed by atoms with Crippen molar-refractivity contribution in [1.29, 1.82) is 0 Å². The van der Waals surface area contributed by atoms with Crippen LogP contribution >= 0.6 is 11.6 Å². The highest BCUT2D eigenvalue weighted by atomic mass is 35.5. The summed E-state index contributed by atoms with van der Waals surface area (Å²) in [6, 6.07) is 10.9. The fourth-order valence-electron chi connectivity index (χ4n) is 2.22. The number of ether oxygens (including phenoxy) is 2. The Morgan fingerprint density at radius 2 is 1.92 bits per heavy atom. The van der Waals surface area contributed by atoms with E-state index in [1.165, 1.54) is 0 Å². The van der Waals surface area contributed by atoms with Crippen LogP contribution in [0.5, 0.6) is 11.5 Å². The molecule has 24 heavy (non-hydrogen) atoms. The summed E-state index contributed by atoms with van der Waals surface area (Å²) in [4.78, 5) is 12.1. The van der Waals surface area contributed by atoms with Gasteiger partial charge in [0.05, 0.1) is 19.9 Å². The van der Waals surface area contributed by atoms with Gasteiger partial charge in [0.25, 0.3) is 0 Å². The van der Waals surface area contributed by atoms with E-state index < -0.39 is 0 Å². The predicted octanol–water partition coefficient (Wildman–Crippen LogP) is 4.11. The van der Waals surface area contributed by atoms with Gasteiger partial charge in [-0.3, -0.25) is 4.79 Å². The third-order valence-electron chi connectivity index (χ3n) is 3.62. The molecule has 0 saturated heterocycles. The predicted molar refractivity (Wildman–Crippen MR) is 97.5 cm³/mol. The average Bonchev–Trinajstić information content (AvgIpc) is 2.59. The van der Waals surface area contributed by atoms with Gasteiger partial charge in [0.15, 0.2) is 0 Å². The maximum atomic E-state index is 12.1. The van der Waals surface area contributed by atoms with E-state index in [1.54, 1.807) is 20.3 Å². The van der Waals surface area contributed by atoms with Crippen molar-refractivity contribution in [2.75, 3.05) is 31.4 Å². The molecule has 128 valence electrons. The fourth-order valence-corrected chi connectivity index (χ4v) is 2.39. The molecule has 2 aromatic carbocycles. The Hall–Kier alpha value is -2.40. The van der Waals surface area contributed by atoms with Crippen LogP contribution in [0.2, 0.25) is 5.02 Å². The summed E-state index contributed by atoms with van der Waals surface area (Å²) in [7, 11) is 3.20. The lowest BCUT2D eigenvalue weighted by atomic mass is 10.2. The zero-order chi connectivity index (χ0) is 17.5. The van der Waals surface area contributed by atoms with Gasteiger partial charge in [0.1, 0.15) is 11.5 Å². The molecule has 2 aromatic rings. The topological polar surface area (TPSA) is 59.6 Å². The Kier molecular flexibility index (Phi) is 6.32. The van der Waals surface area contributed by atoms with Crippen molar-refractivity contribution in [3.8, 4) is 11.5 Å². The standard InChI is InChI=1S/C18H21ClN2O3/c1-12-14(19)5-4-6-15(12)21-18(22)9-10-20-16-11-13(23-2)7-8-17(16)24-3/h4-8,11,20H,9-10H2,1-3H3,(H,21,22). The lowest BCUT2D eigenvalue weighted by Crippen LogP contribution is -2.17. The average molecular weight is 349 g/mol. The fraction of sp³-hybridized carbons (Fsp3) is 0.278. The van der Waals surface area contributed by atoms with Crippen LogP contribution in [0.15, 0.2) is 36.4 Å². The molecule has 0 aliphatic rings. The van der Waals surface area contributed by atoms with Gasteiger partial charge in [-0.15, -0.1) is 0 Å². The lowest BCUT2D eigenvalue weighted by molar-refractivity contribution is -0.115. The molecule has 6 heteroatoms. The molecule has 0 aliphatic heterocycles. The minimum Gasteiger partial charge on any atom is -0.497 e. The summed E-state index contributed by atoms with van der Waals surface area (Å²) in [6.45, 7) is 2.34. The van der Waals surface area contributed by atoms with Crippen LogP contribution in [-0.4, -0.2) is 26.7 Å². The van der Waals surface area contributed by atoms with Gasteiger partial charge >= 0.3 is 0 Å². The molecule has 0 spiro atoms. The van der Waals surface area contributed by atoms with E-state index in [2.05, 4.69) is 10.6 Å². The van der Waals surface area contributed by atoms with Crippen LogP contribution in [0.1, 0.15) is 12.0 Å². The molecule has 0 fully saturated rings. The van der Waals surface area contributed by atoms with Crippen molar-refractivity contribution in [3.05, 3.63) is 47.0 Å². The first kappa shape index (κ1) is 17.9. The van der Waals surface area contributed by atoms with E-state index >= 15 is 0 Å². The first-order valence-electron chi connectivity index (χ1n) is 7.56. The van der Waals surface area contributed by atoms with Gasteiger partial charge in [0, 0.05) is 29.7 Å². The molecule has 0 aliphatic carbocycles. The second kappa shape index (κ2) is 8.45. The molecule has 1 amide bonds. The van der Waals surface area contributed by atoms with Crippen LogP contribution < -0.4 is 20.1 Å². The van der Waals surface area contributed by atoms with E-state index in [0.29, 0.717) is 23.7 Å². The second-order valence-electron chi connectivity index (χ2n) is 5.20. The summed E-state index contributed by atoms with van der Waals surface area (Å²) in [5, 5.41) is 6.69. The molecular weight excluding hydrogens is 328 g/mol. The van der Waals surface area contributed by atoms with Crippen LogP contribution in [0.4, 0.5) is 11.4 Å². The Bertz CT molecular complexity index is 719. The summed E-state index contributed by atoms with van der Waals surface area (Å²) >= 11 is 6.05. The maximum absolute atomic E-state index is 12.1. The van der Waals surface area contributed by atoms with Crippen LogP contribution in [0, 0.1) is 6.92 Å². The molecule has 0 heterocycles. The molecular formula is C18H21ClN2O3. The van der Waals surface area contributed by atoms with Gasteiger partial charge < -0.3 is 20.1 Å². The van der Waals surface area contributed by atoms with Crippen molar-refractivity contribution in [2.45, 2.75) is 13.3 Å². The number of methoxy groups -OCH3 is 2. The molecule has 2 N–H and O–H groups in total. The summed E-state index contributed by atoms with van der Waals surface area (Å²) in [5.41, 5.74) is 2.37. The Morgan fingerprint density at radius 1 is 1.12 bits per heavy atom. The zero-order valence-corrected chi connectivity index (χ0v) is 14.7. The number of hydrogen-bond acceptors (Lipinski definition) is 4. The molecule has 0 saturated carbocycles. The van der Waals surface area contributed by atoms with Gasteiger partial charge in [-0.25, -0.2) is 0 Å². The number of nitrogens with one attached hydrogen (secondary N) is 2. The molecule has 0 unspecified atom stereocenters. The van der Waals surface area contributed by atoms with Gasteiger partial charge in [-0.05, 0) is 36.8 Å². The lowest BCUT2D eigenvalue weighted by Gasteiger charge is -2.13. The quantitative estimate of drug-likeness (QED) is 0.790. The molecule has 5 nitrogen and oxygen atoms in total. The highest BCUT2D eigenvalue weighted by Gasteiger charge is 2.08. The summed E-state index contributed by atoms with van der Waals surface area (Å²) in [6.07, 6.45) is 0.312. The van der Waals surface area contributed by atoms with Gasteiger partial charge in [-0.1, -0.05) is 17.7 Å². The van der Waals surface area contributed by atoms with Crippen molar-refractivity contribution >= 4 is 28.9 Å². The molecule has 0 aromatic heterocycles. The normalized spacial score (nSPS) is 10.2. The Balaban J connectivity index is 1.92. The van der Waals surface area contributed by atoms with Crippen LogP contribution in [-0.2, 0) is 4.79 Å². The first-order chi connectivity index (χ1) is 11.5. The van der Waals surface area contributed by atoms with Crippen molar-refractivity contribution < 1.29 is 14.3 Å². The van der Waals surface area contributed by atoms with Crippen molar-refractivity contribution in [2.24, 2.45) is 0 Å². The third kappa shape index (κ3) is 4.55. The van der Waals surface area contributed by atoms with Gasteiger partial charge in [0.2, 0.25) is 5.91 Å². The third-order valence-corrected chi connectivity index (χ3v) is 4.03. The summed E-state index contributed by atoms with van der Waals surface area (Å²) in [5.74, 6) is 1.33. The number of hydrogen-bond donors (Lipinski definition) is 2. The van der Waals surface area contributed by atoms with Gasteiger partial charge in [-0.2, -0.15) is 0 Å². The van der Waals surface area contributed by atoms with E-state index in [1.807, 2.05) is 37.3 Å². The SMILES string of the molecule is COc1ccc(OC)c(NCCC(=O)Nc2cccc(Cl)c2C)c1. The van der Waals surface area contributed by atoms with E-state index in [0.717, 1.165) is 22.7 Å². The zero-order valence-electron chi connectivity index (χ0n) is 14.0. The molecule has 2 rings (SSSR count). The highest BCUT2D eigenvalue weighted by molar-refractivity contribution is 6.31. The number of carbonyl (C=O) groups is 1. The van der Waals surface area contributed by atoms with E-state index in [4.69, 9.17) is 21.1 Å². The second-order valence-corrected chi connectivity index (χ2v) is 5.61. The largest absolute Gasteiger partial charge is 0.497 e. The maximum Gasteiger partial charge on any atom is 0.226 e. The van der Waals surface area contributed by atoms with Crippen molar-refractivity contribution in [1.82, 2.24) is 0 Å². The molecule has 0 bridgehead atoms. The number of halogens is 1. The highest BCUT2D eigenvalue weighted by Crippen LogP contribution is 2.28. The number of carbonyl (C=O) groups excluding carboxylic acids is 1. The summed E-state index contributed by atoms with van der Waals surface area (Å²) < 4.78 is 10.5. The number of amides is 1. The monoisotopic (exact) mass is 348 g/mol. The smallest absolute Gasteiger partial charge is 0.226 e. The van der Waals surface area contributed by atoms with Crippen LogP contribution in [0.3, 0.4) is 0 Å². The van der Waals surface area contributed by atoms with E-state index in [9.17, 15) is 4.79 Å². The minimum atomic E-state index is -0.0882.